The van der Waals surface area contributed by atoms with Gasteiger partial charge in [0.2, 0.25) is 0 Å². The van der Waals surface area contributed by atoms with Crippen LogP contribution in [0.4, 0.5) is 0 Å². The molecule has 1 aromatic carbocycles. The molecule has 3 rings (SSSR count). The Balaban J connectivity index is 2.10. The number of ether oxygens (including phenoxy) is 1. The molecular formula is C18H22N2O3. The molecule has 1 aliphatic carbocycles. The van der Waals surface area contributed by atoms with Gasteiger partial charge in [-0.05, 0) is 12.8 Å². The standard InChI is InChI=1S/C18H22N2O3/c1-23-18(22)16-17(13-7-3-2-4-8-13)20(12-19-16)15-10-6-5-9-14(15)11-21/h2-4,7-8,12,14-15,21H,5-6,9-11H2,1H3/t14-,15-/m0/s1. The van der Waals surface area contributed by atoms with Crippen LogP contribution in [-0.4, -0.2) is 34.3 Å². The summed E-state index contributed by atoms with van der Waals surface area (Å²) in [4.78, 5) is 16.4. The SMILES string of the molecule is COC(=O)c1ncn([C@H]2CCCC[C@H]2CO)c1-c1ccccc1. The Hall–Kier alpha value is -2.14. The highest BCUT2D eigenvalue weighted by Crippen LogP contribution is 2.37. The maximum Gasteiger partial charge on any atom is 0.358 e. The van der Waals surface area contributed by atoms with Crippen molar-refractivity contribution in [2.45, 2.75) is 31.7 Å². The van der Waals surface area contributed by atoms with Crippen LogP contribution in [0.15, 0.2) is 36.7 Å². The Labute approximate surface area is 135 Å². The summed E-state index contributed by atoms with van der Waals surface area (Å²) in [5, 5.41) is 9.72. The maximum atomic E-state index is 12.1. The normalized spacial score (nSPS) is 21.1. The van der Waals surface area contributed by atoms with Crippen LogP contribution in [0.2, 0.25) is 0 Å². The molecule has 5 heteroatoms. The van der Waals surface area contributed by atoms with Gasteiger partial charge in [-0.15, -0.1) is 0 Å². The first-order chi connectivity index (χ1) is 11.3. The summed E-state index contributed by atoms with van der Waals surface area (Å²) in [5.41, 5.74) is 2.05. The van der Waals surface area contributed by atoms with Crippen LogP contribution in [-0.2, 0) is 4.74 Å². The van der Waals surface area contributed by atoms with E-state index >= 15 is 0 Å². The average Bonchev–Trinajstić information content (AvgIpc) is 3.06. The number of hydrogen-bond donors (Lipinski definition) is 1. The van der Waals surface area contributed by atoms with Crippen LogP contribution in [0.1, 0.15) is 42.2 Å². The van der Waals surface area contributed by atoms with Gasteiger partial charge in [0.15, 0.2) is 5.69 Å². The number of imidazole rings is 1. The van der Waals surface area contributed by atoms with E-state index in [9.17, 15) is 9.90 Å². The summed E-state index contributed by atoms with van der Waals surface area (Å²) in [6.45, 7) is 0.157. The lowest BCUT2D eigenvalue weighted by atomic mass is 9.84. The van der Waals surface area contributed by atoms with Crippen LogP contribution < -0.4 is 0 Å². The molecule has 0 unspecified atom stereocenters. The van der Waals surface area contributed by atoms with E-state index in [1.54, 1.807) is 6.33 Å². The van der Waals surface area contributed by atoms with E-state index in [2.05, 4.69) is 9.55 Å². The molecule has 1 aromatic heterocycles. The summed E-state index contributed by atoms with van der Waals surface area (Å²) in [7, 11) is 1.37. The first-order valence-electron chi connectivity index (χ1n) is 8.07. The lowest BCUT2D eigenvalue weighted by molar-refractivity contribution is 0.0595. The maximum absolute atomic E-state index is 12.1. The predicted octanol–water partition coefficient (Wildman–Crippen LogP) is 3.06. The van der Waals surface area contributed by atoms with Crippen molar-refractivity contribution in [1.82, 2.24) is 9.55 Å². The summed E-state index contributed by atoms with van der Waals surface area (Å²) in [6, 6.07) is 9.93. The minimum atomic E-state index is -0.432. The zero-order valence-electron chi connectivity index (χ0n) is 13.3. The highest BCUT2D eigenvalue weighted by molar-refractivity contribution is 5.94. The molecule has 0 spiro atoms. The number of rotatable bonds is 4. The van der Waals surface area contributed by atoms with Crippen LogP contribution in [0.3, 0.4) is 0 Å². The quantitative estimate of drug-likeness (QED) is 0.881. The molecule has 23 heavy (non-hydrogen) atoms. The van der Waals surface area contributed by atoms with Gasteiger partial charge in [-0.2, -0.15) is 0 Å². The third-order valence-corrected chi connectivity index (χ3v) is 4.68. The molecule has 1 fully saturated rings. The highest BCUT2D eigenvalue weighted by Gasteiger charge is 2.30. The Morgan fingerprint density at radius 2 is 2.04 bits per heavy atom. The number of carbonyl (C=O) groups is 1. The smallest absolute Gasteiger partial charge is 0.358 e. The fourth-order valence-electron chi connectivity index (χ4n) is 3.51. The van der Waals surface area contributed by atoms with Gasteiger partial charge in [0.25, 0.3) is 0 Å². The second kappa shape index (κ2) is 6.96. The van der Waals surface area contributed by atoms with Gasteiger partial charge in [0, 0.05) is 24.1 Å². The molecule has 1 heterocycles. The van der Waals surface area contributed by atoms with Crippen LogP contribution >= 0.6 is 0 Å². The molecule has 2 atom stereocenters. The Morgan fingerprint density at radius 3 is 2.74 bits per heavy atom. The van der Waals surface area contributed by atoms with E-state index in [0.717, 1.165) is 36.9 Å². The third-order valence-electron chi connectivity index (χ3n) is 4.68. The molecule has 1 saturated carbocycles. The molecule has 5 nitrogen and oxygen atoms in total. The molecule has 1 N–H and O–H groups in total. The molecular weight excluding hydrogens is 292 g/mol. The summed E-state index contributed by atoms with van der Waals surface area (Å²) in [6.07, 6.45) is 5.97. The molecule has 0 radical (unpaired) electrons. The Morgan fingerprint density at radius 1 is 1.30 bits per heavy atom. The molecule has 0 bridgehead atoms. The van der Waals surface area contributed by atoms with Crippen molar-refractivity contribution in [1.29, 1.82) is 0 Å². The lowest BCUT2D eigenvalue weighted by Gasteiger charge is -2.32. The number of esters is 1. The largest absolute Gasteiger partial charge is 0.464 e. The highest BCUT2D eigenvalue weighted by atomic mass is 16.5. The lowest BCUT2D eigenvalue weighted by Crippen LogP contribution is -2.26. The fourth-order valence-corrected chi connectivity index (χ4v) is 3.51. The first kappa shape index (κ1) is 15.7. The van der Waals surface area contributed by atoms with Crippen molar-refractivity contribution in [3.63, 3.8) is 0 Å². The number of methoxy groups -OCH3 is 1. The monoisotopic (exact) mass is 314 g/mol. The van der Waals surface area contributed by atoms with Gasteiger partial charge >= 0.3 is 5.97 Å². The number of benzene rings is 1. The average molecular weight is 314 g/mol. The van der Waals surface area contributed by atoms with Gasteiger partial charge in [0.05, 0.1) is 19.1 Å². The van der Waals surface area contributed by atoms with Crippen LogP contribution in [0.5, 0.6) is 0 Å². The van der Waals surface area contributed by atoms with E-state index in [4.69, 9.17) is 4.74 Å². The van der Waals surface area contributed by atoms with Gasteiger partial charge in [-0.1, -0.05) is 43.2 Å². The number of carbonyl (C=O) groups excluding carboxylic acids is 1. The van der Waals surface area contributed by atoms with Crippen molar-refractivity contribution < 1.29 is 14.6 Å². The van der Waals surface area contributed by atoms with E-state index in [-0.39, 0.29) is 18.6 Å². The third kappa shape index (κ3) is 3.01. The van der Waals surface area contributed by atoms with Crippen molar-refractivity contribution in [2.75, 3.05) is 13.7 Å². The van der Waals surface area contributed by atoms with Crippen molar-refractivity contribution in [2.24, 2.45) is 5.92 Å². The second-order valence-corrected chi connectivity index (χ2v) is 6.00. The first-order valence-corrected chi connectivity index (χ1v) is 8.07. The summed E-state index contributed by atoms with van der Waals surface area (Å²) < 4.78 is 6.95. The van der Waals surface area contributed by atoms with E-state index in [0.29, 0.717) is 5.69 Å². The molecule has 1 aliphatic rings. The van der Waals surface area contributed by atoms with E-state index in [1.165, 1.54) is 7.11 Å². The van der Waals surface area contributed by atoms with Gasteiger partial charge in [-0.25, -0.2) is 9.78 Å². The zero-order chi connectivity index (χ0) is 16.2. The number of hydrogen-bond acceptors (Lipinski definition) is 4. The Kier molecular flexibility index (Phi) is 4.76. The summed E-state index contributed by atoms with van der Waals surface area (Å²) in [5.74, 6) is -0.232. The van der Waals surface area contributed by atoms with Gasteiger partial charge in [-0.3, -0.25) is 0 Å². The zero-order valence-corrected chi connectivity index (χ0v) is 13.3. The molecule has 2 aromatic rings. The van der Waals surface area contributed by atoms with Crippen LogP contribution in [0.25, 0.3) is 11.3 Å². The van der Waals surface area contributed by atoms with Gasteiger partial charge < -0.3 is 14.4 Å². The van der Waals surface area contributed by atoms with E-state index in [1.807, 2.05) is 30.3 Å². The number of aromatic nitrogens is 2. The van der Waals surface area contributed by atoms with Crippen molar-refractivity contribution in [3.05, 3.63) is 42.4 Å². The van der Waals surface area contributed by atoms with E-state index < -0.39 is 5.97 Å². The second-order valence-electron chi connectivity index (χ2n) is 6.00. The minimum absolute atomic E-state index is 0.157. The molecule has 0 amide bonds. The van der Waals surface area contributed by atoms with Gasteiger partial charge in [0.1, 0.15) is 0 Å². The molecule has 0 saturated heterocycles. The Bertz CT molecular complexity index is 666. The number of nitrogens with zero attached hydrogens (tertiary/aromatic N) is 2. The molecule has 122 valence electrons. The summed E-state index contributed by atoms with van der Waals surface area (Å²) >= 11 is 0. The number of aliphatic hydroxyl groups is 1. The van der Waals surface area contributed by atoms with Crippen molar-refractivity contribution in [3.8, 4) is 11.3 Å². The van der Waals surface area contributed by atoms with Crippen LogP contribution in [0, 0.1) is 5.92 Å². The minimum Gasteiger partial charge on any atom is -0.464 e. The fraction of sp³-hybridized carbons (Fsp3) is 0.444. The predicted molar refractivity (Wildman–Crippen MR) is 87.1 cm³/mol. The molecule has 0 aliphatic heterocycles. The van der Waals surface area contributed by atoms with Crippen molar-refractivity contribution >= 4 is 5.97 Å². The number of aliphatic hydroxyl groups excluding tert-OH is 1. The topological polar surface area (TPSA) is 64.3 Å².